The Morgan fingerprint density at radius 2 is 1.73 bits per heavy atom. The molecule has 2 aromatic carbocycles. The van der Waals surface area contributed by atoms with Crippen molar-refractivity contribution in [2.75, 3.05) is 32.7 Å². The van der Waals surface area contributed by atoms with E-state index in [4.69, 9.17) is 5.11 Å². The van der Waals surface area contributed by atoms with E-state index < -0.39 is 33.5 Å². The molecule has 0 saturated carbocycles. The van der Waals surface area contributed by atoms with Crippen LogP contribution in [-0.4, -0.2) is 61.4 Å². The summed E-state index contributed by atoms with van der Waals surface area (Å²) in [6.07, 6.45) is -4.68. The molecule has 33 heavy (non-hydrogen) atoms. The summed E-state index contributed by atoms with van der Waals surface area (Å²) in [6, 6.07) is 7.31. The van der Waals surface area contributed by atoms with Gasteiger partial charge in [-0.05, 0) is 54.3 Å². The highest BCUT2D eigenvalue weighted by Gasteiger charge is 2.34. The van der Waals surface area contributed by atoms with Crippen molar-refractivity contribution in [3.05, 3.63) is 64.5 Å². The number of rotatable bonds is 7. The number of aliphatic carboxylic acids is 1. The zero-order chi connectivity index (χ0) is 24.4. The van der Waals surface area contributed by atoms with Crippen LogP contribution in [0.15, 0.2) is 41.3 Å². The third-order valence-electron chi connectivity index (χ3n) is 5.69. The average molecular weight is 489 g/mol. The first-order valence-corrected chi connectivity index (χ1v) is 11.7. The number of carboxylic acid groups (broad SMARTS) is 1. The van der Waals surface area contributed by atoms with Crippen molar-refractivity contribution < 1.29 is 35.9 Å². The maximum Gasteiger partial charge on any atom is 0.419 e. The van der Waals surface area contributed by atoms with Crippen LogP contribution in [-0.2, 0) is 33.8 Å². The lowest BCUT2D eigenvalue weighted by Gasteiger charge is -2.34. The van der Waals surface area contributed by atoms with E-state index in [9.17, 15) is 30.8 Å². The Hall–Kier alpha value is -2.50. The van der Waals surface area contributed by atoms with Gasteiger partial charge in [-0.1, -0.05) is 12.1 Å². The zero-order valence-electron chi connectivity index (χ0n) is 17.9. The molecule has 1 saturated heterocycles. The van der Waals surface area contributed by atoms with Crippen molar-refractivity contribution >= 4 is 16.0 Å². The van der Waals surface area contributed by atoms with Gasteiger partial charge in [0.15, 0.2) is 0 Å². The van der Waals surface area contributed by atoms with Crippen LogP contribution in [0.4, 0.5) is 17.6 Å². The van der Waals surface area contributed by atoms with Gasteiger partial charge in [0.05, 0.1) is 16.9 Å². The van der Waals surface area contributed by atoms with Crippen molar-refractivity contribution in [1.82, 2.24) is 9.21 Å². The molecule has 1 fully saturated rings. The third kappa shape index (κ3) is 6.10. The van der Waals surface area contributed by atoms with Gasteiger partial charge in [0.25, 0.3) is 0 Å². The Labute approximate surface area is 189 Å². The van der Waals surface area contributed by atoms with Crippen LogP contribution in [0.1, 0.15) is 22.3 Å². The molecule has 2 aromatic rings. The molecule has 1 aliphatic heterocycles. The molecule has 0 aliphatic carbocycles. The number of piperazine rings is 1. The largest absolute Gasteiger partial charge is 0.481 e. The van der Waals surface area contributed by atoms with Crippen LogP contribution in [0.3, 0.4) is 0 Å². The Morgan fingerprint density at radius 1 is 1.06 bits per heavy atom. The molecule has 1 heterocycles. The molecule has 0 bridgehead atoms. The molecule has 0 spiro atoms. The summed E-state index contributed by atoms with van der Waals surface area (Å²) in [5.41, 5.74) is 0.265. The van der Waals surface area contributed by atoms with Crippen LogP contribution in [0.2, 0.25) is 0 Å². The normalized spacial score (nSPS) is 16.2. The number of benzene rings is 2. The highest BCUT2D eigenvalue weighted by Crippen LogP contribution is 2.31. The molecule has 3 rings (SSSR count). The van der Waals surface area contributed by atoms with E-state index in [-0.39, 0.29) is 24.4 Å². The first-order chi connectivity index (χ1) is 15.4. The maximum atomic E-state index is 13.7. The van der Waals surface area contributed by atoms with E-state index in [0.717, 1.165) is 12.1 Å². The molecule has 180 valence electrons. The highest BCUT2D eigenvalue weighted by molar-refractivity contribution is 7.89. The van der Waals surface area contributed by atoms with Gasteiger partial charge in [-0.2, -0.15) is 17.5 Å². The average Bonchev–Trinajstić information content (AvgIpc) is 2.73. The fraction of sp³-hybridized carbons (Fsp3) is 0.409. The topological polar surface area (TPSA) is 77.9 Å². The number of aryl methyl sites for hydroxylation is 1. The molecular formula is C22H24F4N2O4S. The second kappa shape index (κ2) is 9.78. The number of alkyl halides is 3. The van der Waals surface area contributed by atoms with Gasteiger partial charge >= 0.3 is 12.1 Å². The quantitative estimate of drug-likeness (QED) is 0.605. The number of hydrogen-bond donors (Lipinski definition) is 1. The molecule has 1 N–H and O–H groups in total. The Morgan fingerprint density at radius 3 is 2.30 bits per heavy atom. The Kier molecular flexibility index (Phi) is 7.45. The van der Waals surface area contributed by atoms with Gasteiger partial charge in [0.2, 0.25) is 10.0 Å². The summed E-state index contributed by atoms with van der Waals surface area (Å²) in [6.45, 7) is 3.42. The molecule has 6 nitrogen and oxygen atoms in total. The van der Waals surface area contributed by atoms with Gasteiger partial charge in [-0.25, -0.2) is 12.8 Å². The van der Waals surface area contributed by atoms with E-state index >= 15 is 0 Å². The number of carboxylic acids is 1. The predicted octanol–water partition coefficient (Wildman–Crippen LogP) is 3.33. The van der Waals surface area contributed by atoms with E-state index in [0.29, 0.717) is 42.7 Å². The first kappa shape index (κ1) is 25.1. The molecule has 1 aliphatic rings. The minimum absolute atomic E-state index is 0.0398. The molecular weight excluding hydrogens is 464 g/mol. The van der Waals surface area contributed by atoms with Gasteiger partial charge in [0.1, 0.15) is 5.82 Å². The number of sulfonamides is 1. The minimum atomic E-state index is -4.74. The van der Waals surface area contributed by atoms with Crippen molar-refractivity contribution in [1.29, 1.82) is 0 Å². The molecule has 0 amide bonds. The molecule has 11 heteroatoms. The maximum absolute atomic E-state index is 13.7. The lowest BCUT2D eigenvalue weighted by molar-refractivity contribution is -0.140. The predicted molar refractivity (Wildman–Crippen MR) is 113 cm³/mol. The van der Waals surface area contributed by atoms with Crippen molar-refractivity contribution in [3.63, 3.8) is 0 Å². The SMILES string of the molecule is Cc1ccc(S(=O)(=O)N2CCN(CCc3ccc(C(F)(F)F)c(F)c3)CC2)cc1CC(=O)O. The van der Waals surface area contributed by atoms with Gasteiger partial charge in [-0.15, -0.1) is 0 Å². The Balaban J connectivity index is 1.59. The summed E-state index contributed by atoms with van der Waals surface area (Å²) in [5, 5.41) is 9.02. The summed E-state index contributed by atoms with van der Waals surface area (Å²) >= 11 is 0. The van der Waals surface area contributed by atoms with Crippen molar-refractivity contribution in [3.8, 4) is 0 Å². The minimum Gasteiger partial charge on any atom is -0.481 e. The molecule has 0 unspecified atom stereocenters. The number of carbonyl (C=O) groups is 1. The van der Waals surface area contributed by atoms with Crippen LogP contribution in [0.25, 0.3) is 0 Å². The Bertz CT molecular complexity index is 1130. The lowest BCUT2D eigenvalue weighted by atomic mass is 10.1. The number of hydrogen-bond acceptors (Lipinski definition) is 4. The lowest BCUT2D eigenvalue weighted by Crippen LogP contribution is -2.49. The van der Waals surface area contributed by atoms with Gasteiger partial charge in [-0.3, -0.25) is 4.79 Å². The number of nitrogens with zero attached hydrogens (tertiary/aromatic N) is 2. The second-order valence-corrected chi connectivity index (χ2v) is 9.90. The summed E-state index contributed by atoms with van der Waals surface area (Å²) < 4.78 is 79.1. The molecule has 0 atom stereocenters. The highest BCUT2D eigenvalue weighted by atomic mass is 32.2. The zero-order valence-corrected chi connectivity index (χ0v) is 18.7. The third-order valence-corrected chi connectivity index (χ3v) is 7.58. The van der Waals surface area contributed by atoms with Gasteiger partial charge in [0, 0.05) is 32.7 Å². The summed E-state index contributed by atoms with van der Waals surface area (Å²) in [7, 11) is -3.79. The van der Waals surface area contributed by atoms with Gasteiger partial charge < -0.3 is 10.0 Å². The fourth-order valence-electron chi connectivity index (χ4n) is 3.74. The summed E-state index contributed by atoms with van der Waals surface area (Å²) in [4.78, 5) is 13.0. The van der Waals surface area contributed by atoms with E-state index in [1.807, 2.05) is 4.90 Å². The molecule has 0 aromatic heterocycles. The monoisotopic (exact) mass is 488 g/mol. The first-order valence-electron chi connectivity index (χ1n) is 10.3. The second-order valence-electron chi connectivity index (χ2n) is 7.97. The van der Waals surface area contributed by atoms with E-state index in [1.165, 1.54) is 22.5 Å². The van der Waals surface area contributed by atoms with E-state index in [1.54, 1.807) is 13.0 Å². The van der Waals surface area contributed by atoms with Crippen LogP contribution in [0, 0.1) is 12.7 Å². The molecule has 0 radical (unpaired) electrons. The fourth-order valence-corrected chi connectivity index (χ4v) is 5.21. The van der Waals surface area contributed by atoms with Crippen LogP contribution in [0.5, 0.6) is 0 Å². The van der Waals surface area contributed by atoms with Crippen LogP contribution < -0.4 is 0 Å². The van der Waals surface area contributed by atoms with Crippen molar-refractivity contribution in [2.24, 2.45) is 0 Å². The smallest absolute Gasteiger partial charge is 0.419 e. The standard InChI is InChI=1S/C22H24F4N2O4S/c1-15-2-4-18(13-17(15)14-21(29)30)33(31,32)28-10-8-27(9-11-28)7-6-16-3-5-19(20(23)12-16)22(24,25)26/h2-5,12-13H,6-11,14H2,1H3,(H,29,30). The van der Waals surface area contributed by atoms with Crippen molar-refractivity contribution in [2.45, 2.75) is 30.8 Å². The van der Waals surface area contributed by atoms with Crippen LogP contribution >= 0.6 is 0 Å². The number of halogens is 4. The van der Waals surface area contributed by atoms with E-state index in [2.05, 4.69) is 0 Å². The summed E-state index contributed by atoms with van der Waals surface area (Å²) in [5.74, 6) is -2.36.